The second-order valence-electron chi connectivity index (χ2n) is 4.29. The zero-order valence-electron chi connectivity index (χ0n) is 11.5. The van der Waals surface area contributed by atoms with Crippen LogP contribution in [0.5, 0.6) is 0 Å². The van der Waals surface area contributed by atoms with Crippen LogP contribution in [0.15, 0.2) is 35.5 Å². The Balaban J connectivity index is 1.87. The number of nitrogens with one attached hydrogen (secondary N) is 3. The molecule has 0 spiro atoms. The van der Waals surface area contributed by atoms with E-state index in [1.165, 1.54) is 0 Å². The van der Waals surface area contributed by atoms with Crippen molar-refractivity contribution in [3.8, 4) is 0 Å². The maximum Gasteiger partial charge on any atom is 0.265 e. The van der Waals surface area contributed by atoms with Crippen LogP contribution in [-0.4, -0.2) is 43.5 Å². The Hall–Kier alpha value is -2.08. The van der Waals surface area contributed by atoms with E-state index >= 15 is 0 Å². The number of amides is 1. The summed E-state index contributed by atoms with van der Waals surface area (Å²) in [6.07, 6.45) is 2.73. The van der Waals surface area contributed by atoms with E-state index < -0.39 is 0 Å². The molecule has 6 nitrogen and oxygen atoms in total. The number of para-hydroxylation sites is 1. The van der Waals surface area contributed by atoms with Crippen molar-refractivity contribution in [1.82, 2.24) is 10.6 Å². The highest BCUT2D eigenvalue weighted by Crippen LogP contribution is 2.03. The van der Waals surface area contributed by atoms with Gasteiger partial charge in [-0.1, -0.05) is 23.4 Å². The molecule has 1 aromatic rings. The standard InChI is InChI=1S/C14H22N4O2/c19-14(12-18-20)17-11-5-9-15-8-4-10-16-13-6-2-1-3-7-13/h1-3,6-7,12,15-16,20H,4-5,8-11H2,(H,17,19)/b18-12+. The first kappa shape index (κ1) is 16.0. The average Bonchev–Trinajstić information content (AvgIpc) is 2.47. The van der Waals surface area contributed by atoms with Crippen molar-refractivity contribution in [2.45, 2.75) is 12.8 Å². The minimum Gasteiger partial charge on any atom is -0.411 e. The molecular formula is C14H22N4O2. The number of benzene rings is 1. The average molecular weight is 278 g/mol. The van der Waals surface area contributed by atoms with Gasteiger partial charge in [0.25, 0.3) is 5.91 Å². The number of rotatable bonds is 10. The highest BCUT2D eigenvalue weighted by Gasteiger charge is 1.95. The number of carbonyl (C=O) groups excluding carboxylic acids is 1. The summed E-state index contributed by atoms with van der Waals surface area (Å²) < 4.78 is 0. The Bertz CT molecular complexity index is 395. The van der Waals surface area contributed by atoms with E-state index in [1.54, 1.807) is 0 Å². The molecule has 1 rings (SSSR count). The molecule has 0 radical (unpaired) electrons. The maximum atomic E-state index is 10.9. The third kappa shape index (κ3) is 8.10. The van der Waals surface area contributed by atoms with Crippen LogP contribution in [0.3, 0.4) is 0 Å². The smallest absolute Gasteiger partial charge is 0.265 e. The normalized spacial score (nSPS) is 10.6. The van der Waals surface area contributed by atoms with Crippen molar-refractivity contribution in [3.63, 3.8) is 0 Å². The molecule has 0 fully saturated rings. The van der Waals surface area contributed by atoms with Gasteiger partial charge in [-0.3, -0.25) is 4.79 Å². The Morgan fingerprint density at radius 2 is 1.80 bits per heavy atom. The molecule has 0 aliphatic heterocycles. The monoisotopic (exact) mass is 278 g/mol. The van der Waals surface area contributed by atoms with E-state index in [2.05, 4.69) is 21.1 Å². The zero-order valence-corrected chi connectivity index (χ0v) is 11.5. The Labute approximate surface area is 119 Å². The van der Waals surface area contributed by atoms with Crippen LogP contribution in [0.4, 0.5) is 5.69 Å². The van der Waals surface area contributed by atoms with Crippen LogP contribution < -0.4 is 16.0 Å². The molecule has 110 valence electrons. The van der Waals surface area contributed by atoms with Crippen molar-refractivity contribution in [2.75, 3.05) is 31.5 Å². The summed E-state index contributed by atoms with van der Waals surface area (Å²) in [5.74, 6) is -0.375. The van der Waals surface area contributed by atoms with Crippen molar-refractivity contribution in [1.29, 1.82) is 0 Å². The molecule has 20 heavy (non-hydrogen) atoms. The highest BCUT2D eigenvalue weighted by atomic mass is 16.4. The lowest BCUT2D eigenvalue weighted by Crippen LogP contribution is -2.28. The number of anilines is 1. The predicted octanol–water partition coefficient (Wildman–Crippen LogP) is 1.04. The first-order valence-electron chi connectivity index (χ1n) is 6.78. The molecule has 4 N–H and O–H groups in total. The topological polar surface area (TPSA) is 85.8 Å². The molecule has 0 aromatic heterocycles. The van der Waals surface area contributed by atoms with Crippen LogP contribution in [0.2, 0.25) is 0 Å². The fraction of sp³-hybridized carbons (Fsp3) is 0.429. The second-order valence-corrected chi connectivity index (χ2v) is 4.29. The van der Waals surface area contributed by atoms with Gasteiger partial charge in [-0.05, 0) is 38.1 Å². The van der Waals surface area contributed by atoms with E-state index in [-0.39, 0.29) is 5.91 Å². The van der Waals surface area contributed by atoms with Gasteiger partial charge in [-0.2, -0.15) is 0 Å². The number of carbonyl (C=O) groups is 1. The molecule has 0 bridgehead atoms. The van der Waals surface area contributed by atoms with Crippen molar-refractivity contribution < 1.29 is 10.0 Å². The fourth-order valence-corrected chi connectivity index (χ4v) is 1.65. The minimum absolute atomic E-state index is 0.375. The van der Waals surface area contributed by atoms with Gasteiger partial charge in [0.2, 0.25) is 0 Å². The summed E-state index contributed by atoms with van der Waals surface area (Å²) in [6, 6.07) is 10.1. The van der Waals surface area contributed by atoms with Gasteiger partial charge in [0, 0.05) is 18.8 Å². The molecular weight excluding hydrogens is 256 g/mol. The lowest BCUT2D eigenvalue weighted by atomic mass is 10.3. The third-order valence-corrected chi connectivity index (χ3v) is 2.64. The van der Waals surface area contributed by atoms with Gasteiger partial charge in [0.1, 0.15) is 6.21 Å². The number of nitrogens with zero attached hydrogens (tertiary/aromatic N) is 1. The summed E-state index contributed by atoms with van der Waals surface area (Å²) in [7, 11) is 0. The molecule has 0 aliphatic carbocycles. The lowest BCUT2D eigenvalue weighted by Gasteiger charge is -2.07. The first-order valence-corrected chi connectivity index (χ1v) is 6.78. The van der Waals surface area contributed by atoms with E-state index in [0.717, 1.165) is 44.4 Å². The molecule has 0 aliphatic rings. The Kier molecular flexibility index (Phi) is 8.63. The molecule has 0 heterocycles. The quantitative estimate of drug-likeness (QED) is 0.223. The van der Waals surface area contributed by atoms with Gasteiger partial charge >= 0.3 is 0 Å². The largest absolute Gasteiger partial charge is 0.411 e. The number of oxime groups is 1. The first-order chi connectivity index (χ1) is 9.83. The summed E-state index contributed by atoms with van der Waals surface area (Å²) >= 11 is 0. The molecule has 6 heteroatoms. The predicted molar refractivity (Wildman–Crippen MR) is 80.3 cm³/mol. The Morgan fingerprint density at radius 1 is 1.10 bits per heavy atom. The molecule has 1 amide bonds. The minimum atomic E-state index is -0.375. The summed E-state index contributed by atoms with van der Waals surface area (Å²) in [5, 5.41) is 20.0. The molecule has 1 aromatic carbocycles. The highest BCUT2D eigenvalue weighted by molar-refractivity contribution is 6.25. The van der Waals surface area contributed by atoms with Crippen LogP contribution in [0.25, 0.3) is 0 Å². The van der Waals surface area contributed by atoms with Crippen molar-refractivity contribution >= 4 is 17.8 Å². The summed E-state index contributed by atoms with van der Waals surface area (Å²) in [5.41, 5.74) is 1.14. The van der Waals surface area contributed by atoms with Crippen LogP contribution in [0.1, 0.15) is 12.8 Å². The van der Waals surface area contributed by atoms with E-state index in [4.69, 9.17) is 5.21 Å². The molecule has 0 saturated carbocycles. The molecule has 0 saturated heterocycles. The van der Waals surface area contributed by atoms with Crippen LogP contribution in [-0.2, 0) is 4.79 Å². The van der Waals surface area contributed by atoms with Gasteiger partial charge < -0.3 is 21.2 Å². The molecule has 0 unspecified atom stereocenters. The number of hydrogen-bond acceptors (Lipinski definition) is 5. The summed E-state index contributed by atoms with van der Waals surface area (Å²) in [4.78, 5) is 10.9. The second kappa shape index (κ2) is 10.8. The van der Waals surface area contributed by atoms with Crippen molar-refractivity contribution in [3.05, 3.63) is 30.3 Å². The van der Waals surface area contributed by atoms with Crippen molar-refractivity contribution in [2.24, 2.45) is 5.16 Å². The van der Waals surface area contributed by atoms with E-state index in [0.29, 0.717) is 6.54 Å². The maximum absolute atomic E-state index is 10.9. The van der Waals surface area contributed by atoms with E-state index in [9.17, 15) is 4.79 Å². The zero-order chi connectivity index (χ0) is 14.5. The van der Waals surface area contributed by atoms with Gasteiger partial charge in [-0.15, -0.1) is 0 Å². The fourth-order valence-electron chi connectivity index (χ4n) is 1.65. The van der Waals surface area contributed by atoms with Crippen LogP contribution >= 0.6 is 0 Å². The number of hydrogen-bond donors (Lipinski definition) is 4. The third-order valence-electron chi connectivity index (χ3n) is 2.64. The lowest BCUT2D eigenvalue weighted by molar-refractivity contribution is -0.114. The van der Waals surface area contributed by atoms with Gasteiger partial charge in [-0.25, -0.2) is 0 Å². The Morgan fingerprint density at radius 3 is 2.50 bits per heavy atom. The summed E-state index contributed by atoms with van der Waals surface area (Å²) in [6.45, 7) is 3.29. The van der Waals surface area contributed by atoms with Gasteiger partial charge in [0.05, 0.1) is 0 Å². The van der Waals surface area contributed by atoms with Gasteiger partial charge in [0.15, 0.2) is 0 Å². The van der Waals surface area contributed by atoms with E-state index in [1.807, 2.05) is 30.3 Å². The van der Waals surface area contributed by atoms with Crippen LogP contribution in [0, 0.1) is 0 Å². The SMILES string of the molecule is O=C(/C=N/O)NCCCNCCCNc1ccccc1. The molecule has 0 atom stereocenters.